The summed E-state index contributed by atoms with van der Waals surface area (Å²) in [5, 5.41) is 9.75. The minimum atomic E-state index is -3.89. The molecule has 1 aromatic heterocycles. The molecule has 1 atom stereocenters. The van der Waals surface area contributed by atoms with E-state index in [0.717, 1.165) is 18.4 Å². The maximum atomic E-state index is 12.8. The lowest BCUT2D eigenvalue weighted by Crippen LogP contribution is -2.22. The number of carbonyl (C=O) groups is 1. The number of aliphatic hydroxyl groups is 1. The van der Waals surface area contributed by atoms with Crippen LogP contribution in [-0.4, -0.2) is 25.1 Å². The fraction of sp³-hybridized carbons (Fsp3) is 0.522. The Morgan fingerprint density at radius 1 is 1.28 bits per heavy atom. The van der Waals surface area contributed by atoms with Crippen LogP contribution >= 0.6 is 0 Å². The number of ketones is 1. The number of furan rings is 1. The fourth-order valence-corrected chi connectivity index (χ4v) is 5.37. The molecule has 2 aliphatic rings. The van der Waals surface area contributed by atoms with Gasteiger partial charge in [-0.05, 0) is 73.6 Å². The van der Waals surface area contributed by atoms with Gasteiger partial charge in [0.15, 0.2) is 5.78 Å². The van der Waals surface area contributed by atoms with E-state index in [0.29, 0.717) is 17.4 Å². The molecule has 1 N–H and O–H groups in total. The Morgan fingerprint density at radius 3 is 2.55 bits per heavy atom. The first-order valence-electron chi connectivity index (χ1n) is 10.3. The number of fused-ring (bicyclic) bond motifs is 1. The highest BCUT2D eigenvalue weighted by Crippen LogP contribution is 2.45. The van der Waals surface area contributed by atoms with Crippen LogP contribution in [0.25, 0.3) is 0 Å². The summed E-state index contributed by atoms with van der Waals surface area (Å²) in [5.74, 6) is 0.164. The zero-order chi connectivity index (χ0) is 21.0. The predicted molar refractivity (Wildman–Crippen MR) is 110 cm³/mol. The van der Waals surface area contributed by atoms with E-state index in [1.165, 1.54) is 41.9 Å². The number of Topliss-reactive ketones (excluding diaryl/α,β-unsaturated/α-hetero) is 1. The second-order valence-corrected chi connectivity index (χ2v) is 11.0. The minimum Gasteiger partial charge on any atom is -0.453 e. The molecule has 0 bridgehead atoms. The Kier molecular flexibility index (Phi) is 4.98. The molecule has 0 saturated heterocycles. The first-order chi connectivity index (χ1) is 13.6. The van der Waals surface area contributed by atoms with Gasteiger partial charge in [0.25, 0.3) is 0 Å². The number of rotatable bonds is 8. The van der Waals surface area contributed by atoms with Gasteiger partial charge in [0.05, 0.1) is 11.9 Å². The molecule has 5 nitrogen and oxygen atoms in total. The van der Waals surface area contributed by atoms with Gasteiger partial charge in [-0.1, -0.05) is 19.1 Å². The van der Waals surface area contributed by atoms with Crippen molar-refractivity contribution in [1.29, 1.82) is 0 Å². The molecule has 156 valence electrons. The van der Waals surface area contributed by atoms with Gasteiger partial charge in [-0.2, -0.15) is 0 Å². The normalized spacial score (nSPS) is 17.5. The fourth-order valence-electron chi connectivity index (χ4n) is 4.21. The topological polar surface area (TPSA) is 84.6 Å². The molecule has 0 spiro atoms. The van der Waals surface area contributed by atoms with Gasteiger partial charge in [-0.25, -0.2) is 8.42 Å². The molecule has 1 fully saturated rings. The molecule has 2 aliphatic carbocycles. The number of hydrogen-bond donors (Lipinski definition) is 1. The number of aryl methyl sites for hydroxylation is 1. The highest BCUT2D eigenvalue weighted by molar-refractivity contribution is 7.92. The van der Waals surface area contributed by atoms with E-state index in [1.54, 1.807) is 13.8 Å². The van der Waals surface area contributed by atoms with Gasteiger partial charge >= 0.3 is 0 Å². The van der Waals surface area contributed by atoms with Crippen LogP contribution in [0.5, 0.6) is 0 Å². The lowest BCUT2D eigenvalue weighted by atomic mass is 9.78. The third-order valence-corrected chi connectivity index (χ3v) is 7.87. The van der Waals surface area contributed by atoms with Crippen LogP contribution in [0.1, 0.15) is 67.3 Å². The van der Waals surface area contributed by atoms with Crippen LogP contribution in [0, 0.1) is 5.92 Å². The zero-order valence-electron chi connectivity index (χ0n) is 17.2. The molecular formula is C23H28O5S. The number of sulfone groups is 1. The van der Waals surface area contributed by atoms with Gasteiger partial charge in [-0.15, -0.1) is 0 Å². The van der Waals surface area contributed by atoms with E-state index in [4.69, 9.17) is 4.42 Å². The summed E-state index contributed by atoms with van der Waals surface area (Å²) in [4.78, 5) is 12.8. The maximum absolute atomic E-state index is 12.8. The van der Waals surface area contributed by atoms with Crippen LogP contribution in [0.15, 0.2) is 34.0 Å². The lowest BCUT2D eigenvalue weighted by Gasteiger charge is -2.27. The molecular weight excluding hydrogens is 388 g/mol. The van der Waals surface area contributed by atoms with Crippen molar-refractivity contribution in [2.45, 2.75) is 69.5 Å². The smallest absolute Gasteiger partial charge is 0.218 e. The highest BCUT2D eigenvalue weighted by Gasteiger charge is 2.33. The molecule has 4 rings (SSSR count). The van der Waals surface area contributed by atoms with Crippen LogP contribution in [-0.2, 0) is 39.5 Å². The summed E-state index contributed by atoms with van der Waals surface area (Å²) in [6.07, 6.45) is 5.81. The Morgan fingerprint density at radius 2 is 2.00 bits per heavy atom. The summed E-state index contributed by atoms with van der Waals surface area (Å²) >= 11 is 0. The Balaban J connectivity index is 1.54. The van der Waals surface area contributed by atoms with E-state index in [9.17, 15) is 18.3 Å². The largest absolute Gasteiger partial charge is 0.453 e. The molecule has 1 aromatic carbocycles. The molecule has 29 heavy (non-hydrogen) atoms. The average molecular weight is 417 g/mol. The molecule has 0 aliphatic heterocycles. The van der Waals surface area contributed by atoms with Gasteiger partial charge < -0.3 is 9.52 Å². The van der Waals surface area contributed by atoms with E-state index < -0.39 is 21.2 Å². The molecule has 6 heteroatoms. The molecule has 2 aromatic rings. The molecule has 0 radical (unpaired) electrons. The number of benzene rings is 1. The SMILES string of the molecule is CC(c1ccc2c(c1CC(=O)CS(=O)(=O)c1cc(C(C)(C)O)co1)CC2)C1CC1. The Hall–Kier alpha value is -1.92. The number of hydrogen-bond acceptors (Lipinski definition) is 5. The predicted octanol–water partition coefficient (Wildman–Crippen LogP) is 3.70. The minimum absolute atomic E-state index is 0.147. The second kappa shape index (κ2) is 7.10. The van der Waals surface area contributed by atoms with Crippen molar-refractivity contribution in [1.82, 2.24) is 0 Å². The van der Waals surface area contributed by atoms with Gasteiger partial charge in [-0.3, -0.25) is 4.79 Å². The van der Waals surface area contributed by atoms with Crippen LogP contribution in [0.4, 0.5) is 0 Å². The van der Waals surface area contributed by atoms with Crippen molar-refractivity contribution in [3.05, 3.63) is 52.3 Å². The van der Waals surface area contributed by atoms with E-state index >= 15 is 0 Å². The van der Waals surface area contributed by atoms with Gasteiger partial charge in [0.1, 0.15) is 5.75 Å². The van der Waals surface area contributed by atoms with Gasteiger partial charge in [0.2, 0.25) is 14.9 Å². The Bertz CT molecular complexity index is 1050. The van der Waals surface area contributed by atoms with Crippen LogP contribution < -0.4 is 0 Å². The van der Waals surface area contributed by atoms with Crippen molar-refractivity contribution < 1.29 is 22.7 Å². The summed E-state index contributed by atoms with van der Waals surface area (Å²) in [6.45, 7) is 5.31. The van der Waals surface area contributed by atoms with Crippen LogP contribution in [0.3, 0.4) is 0 Å². The van der Waals surface area contributed by atoms with Gasteiger partial charge in [0, 0.05) is 18.1 Å². The average Bonchev–Trinajstić information content (AvgIpc) is 3.29. The first kappa shape index (κ1) is 20.4. The van der Waals surface area contributed by atoms with E-state index in [-0.39, 0.29) is 17.3 Å². The maximum Gasteiger partial charge on any atom is 0.218 e. The third kappa shape index (κ3) is 4.05. The lowest BCUT2D eigenvalue weighted by molar-refractivity contribution is -0.116. The van der Waals surface area contributed by atoms with Crippen molar-refractivity contribution in [2.24, 2.45) is 5.92 Å². The highest BCUT2D eigenvalue weighted by atomic mass is 32.2. The van der Waals surface area contributed by atoms with Crippen molar-refractivity contribution >= 4 is 15.6 Å². The quantitative estimate of drug-likeness (QED) is 0.709. The van der Waals surface area contributed by atoms with E-state index in [1.807, 2.05) is 0 Å². The first-order valence-corrected chi connectivity index (χ1v) is 11.9. The van der Waals surface area contributed by atoms with Crippen LogP contribution in [0.2, 0.25) is 0 Å². The van der Waals surface area contributed by atoms with Crippen molar-refractivity contribution in [3.63, 3.8) is 0 Å². The molecule has 1 heterocycles. The standard InChI is InChI=1S/C23H28O5S/c1-14(15-4-5-15)19-8-6-16-7-9-20(16)21(19)11-18(24)13-29(26,27)22-10-17(12-28-22)23(2,3)25/h6,8,10,12,14-15,25H,4-5,7,9,11,13H2,1-3H3. The van der Waals surface area contributed by atoms with E-state index in [2.05, 4.69) is 19.1 Å². The molecule has 1 unspecified atom stereocenters. The zero-order valence-corrected chi connectivity index (χ0v) is 18.0. The Labute approximate surface area is 172 Å². The second-order valence-electron chi connectivity index (χ2n) is 9.09. The molecule has 1 saturated carbocycles. The van der Waals surface area contributed by atoms with Crippen molar-refractivity contribution in [2.75, 3.05) is 5.75 Å². The third-order valence-electron chi connectivity index (χ3n) is 6.34. The summed E-state index contributed by atoms with van der Waals surface area (Å²) < 4.78 is 30.5. The molecule has 0 amide bonds. The summed E-state index contributed by atoms with van der Waals surface area (Å²) in [5.41, 5.74) is 3.94. The summed E-state index contributed by atoms with van der Waals surface area (Å²) in [7, 11) is -3.89. The van der Waals surface area contributed by atoms with Crippen molar-refractivity contribution in [3.8, 4) is 0 Å². The summed E-state index contributed by atoms with van der Waals surface area (Å²) in [6, 6.07) is 5.61. The monoisotopic (exact) mass is 416 g/mol. The number of carbonyl (C=O) groups excluding carboxylic acids is 1.